The van der Waals surface area contributed by atoms with Crippen LogP contribution >= 0.6 is 0 Å². The second-order valence-corrected chi connectivity index (χ2v) is 10.3. The molecule has 0 radical (unpaired) electrons. The van der Waals surface area contributed by atoms with Crippen molar-refractivity contribution in [3.05, 3.63) is 60.6 Å². The summed E-state index contributed by atoms with van der Waals surface area (Å²) in [5.74, 6) is 1.63. The SMILES string of the molecule is CCOc1ccccc1O[C@@H]1CCCN(c2cncc(NC(=O)C3(C)CCN(c4ncccc4C(=O)O)C3)n2)C1. The zero-order chi connectivity index (χ0) is 28.1. The van der Waals surface area contributed by atoms with Crippen molar-refractivity contribution in [3.8, 4) is 11.5 Å². The van der Waals surface area contributed by atoms with Crippen LogP contribution in [0, 0.1) is 5.41 Å². The molecule has 5 rings (SSSR count). The summed E-state index contributed by atoms with van der Waals surface area (Å²) in [4.78, 5) is 42.3. The summed E-state index contributed by atoms with van der Waals surface area (Å²) in [6.45, 7) is 6.69. The highest BCUT2D eigenvalue weighted by Gasteiger charge is 2.42. The summed E-state index contributed by atoms with van der Waals surface area (Å²) in [7, 11) is 0. The molecule has 11 nitrogen and oxygen atoms in total. The van der Waals surface area contributed by atoms with Gasteiger partial charge in [-0.15, -0.1) is 0 Å². The van der Waals surface area contributed by atoms with Gasteiger partial charge in [-0.05, 0) is 57.4 Å². The molecule has 2 atom stereocenters. The molecule has 3 aromatic rings. The van der Waals surface area contributed by atoms with Crippen LogP contribution in [0.5, 0.6) is 11.5 Å². The zero-order valence-electron chi connectivity index (χ0n) is 22.7. The van der Waals surface area contributed by atoms with Gasteiger partial charge in [0.1, 0.15) is 23.3 Å². The van der Waals surface area contributed by atoms with Gasteiger partial charge >= 0.3 is 5.97 Å². The molecule has 0 saturated carbocycles. The lowest BCUT2D eigenvalue weighted by molar-refractivity contribution is -0.123. The number of nitrogens with zero attached hydrogens (tertiary/aromatic N) is 5. The Balaban J connectivity index is 1.23. The number of carbonyl (C=O) groups excluding carboxylic acids is 1. The molecular weight excluding hydrogens is 512 g/mol. The molecular formula is C29H34N6O5. The largest absolute Gasteiger partial charge is 0.490 e. The molecule has 2 aliphatic rings. The minimum Gasteiger partial charge on any atom is -0.490 e. The maximum absolute atomic E-state index is 13.4. The Morgan fingerprint density at radius 2 is 1.95 bits per heavy atom. The molecule has 1 unspecified atom stereocenters. The van der Waals surface area contributed by atoms with Crippen LogP contribution in [0.25, 0.3) is 0 Å². The summed E-state index contributed by atoms with van der Waals surface area (Å²) >= 11 is 0. The molecule has 2 fully saturated rings. The van der Waals surface area contributed by atoms with Crippen molar-refractivity contribution in [1.29, 1.82) is 0 Å². The standard InChI is InChI=1S/C29H34N6O5/c1-3-39-22-10-4-5-11-23(22)40-20-8-7-14-34(18-20)25-17-30-16-24(32-25)33-28(38)29(2)12-15-35(19-29)26-21(27(36)37)9-6-13-31-26/h4-6,9-11,13,16-17,20H,3,7-8,12,14-15,18-19H2,1-2H3,(H,36,37)(H,32,33,38)/t20-,29?/m1/s1. The number of amides is 1. The van der Waals surface area contributed by atoms with Crippen LogP contribution in [0.3, 0.4) is 0 Å². The van der Waals surface area contributed by atoms with Crippen LogP contribution in [0.2, 0.25) is 0 Å². The molecule has 210 valence electrons. The minimum absolute atomic E-state index is 0.0407. The third kappa shape index (κ3) is 5.93. The highest BCUT2D eigenvalue weighted by molar-refractivity contribution is 5.96. The van der Waals surface area contributed by atoms with Crippen LogP contribution in [-0.4, -0.2) is 70.8 Å². The van der Waals surface area contributed by atoms with Crippen molar-refractivity contribution in [3.63, 3.8) is 0 Å². The van der Waals surface area contributed by atoms with Crippen molar-refractivity contribution in [2.45, 2.75) is 39.2 Å². The Morgan fingerprint density at radius 1 is 1.12 bits per heavy atom. The van der Waals surface area contributed by atoms with Crippen LogP contribution in [0.4, 0.5) is 17.5 Å². The van der Waals surface area contributed by atoms with Gasteiger partial charge in [0.25, 0.3) is 0 Å². The molecule has 2 aromatic heterocycles. The number of ether oxygens (including phenoxy) is 2. The van der Waals surface area contributed by atoms with Crippen molar-refractivity contribution >= 4 is 29.3 Å². The second kappa shape index (κ2) is 11.8. The number of para-hydroxylation sites is 2. The lowest BCUT2D eigenvalue weighted by Gasteiger charge is -2.34. The number of hydrogen-bond donors (Lipinski definition) is 2. The number of carboxylic acid groups (broad SMARTS) is 1. The third-order valence-corrected chi connectivity index (χ3v) is 7.35. The quantitative estimate of drug-likeness (QED) is 0.408. The summed E-state index contributed by atoms with van der Waals surface area (Å²) in [6, 6.07) is 10.8. The number of pyridine rings is 1. The fraction of sp³-hybridized carbons (Fsp3) is 0.414. The molecule has 0 aliphatic carbocycles. The number of piperidine rings is 1. The predicted octanol–water partition coefficient (Wildman–Crippen LogP) is 3.87. The Morgan fingerprint density at radius 3 is 2.75 bits per heavy atom. The number of nitrogens with one attached hydrogen (secondary N) is 1. The van der Waals surface area contributed by atoms with E-state index in [0.717, 1.165) is 30.9 Å². The predicted molar refractivity (Wildman–Crippen MR) is 150 cm³/mol. The van der Waals surface area contributed by atoms with Crippen molar-refractivity contribution in [2.24, 2.45) is 5.41 Å². The number of aromatic carboxylic acids is 1. The first kappa shape index (κ1) is 27.2. The van der Waals surface area contributed by atoms with E-state index in [1.807, 2.05) is 43.0 Å². The average molecular weight is 547 g/mol. The van der Waals surface area contributed by atoms with E-state index >= 15 is 0 Å². The highest BCUT2D eigenvalue weighted by Crippen LogP contribution is 2.35. The van der Waals surface area contributed by atoms with E-state index in [9.17, 15) is 14.7 Å². The minimum atomic E-state index is -1.04. The molecule has 2 N–H and O–H groups in total. The van der Waals surface area contributed by atoms with E-state index in [0.29, 0.717) is 50.1 Å². The Hall–Kier alpha value is -4.41. The van der Waals surface area contributed by atoms with E-state index in [1.165, 1.54) is 12.3 Å². The summed E-state index contributed by atoms with van der Waals surface area (Å²) in [5, 5.41) is 12.5. The molecule has 1 amide bonds. The van der Waals surface area contributed by atoms with Crippen LogP contribution < -0.4 is 24.6 Å². The van der Waals surface area contributed by atoms with E-state index in [1.54, 1.807) is 18.5 Å². The van der Waals surface area contributed by atoms with Gasteiger partial charge in [-0.2, -0.15) is 0 Å². The first-order chi connectivity index (χ1) is 19.4. The van der Waals surface area contributed by atoms with E-state index in [2.05, 4.69) is 25.2 Å². The van der Waals surface area contributed by atoms with Crippen LogP contribution in [0.15, 0.2) is 55.0 Å². The second-order valence-electron chi connectivity index (χ2n) is 10.3. The average Bonchev–Trinajstić information content (AvgIpc) is 3.38. The number of carboxylic acids is 1. The van der Waals surface area contributed by atoms with Gasteiger partial charge in [-0.1, -0.05) is 12.1 Å². The normalized spacial score (nSPS) is 20.7. The molecule has 1 aromatic carbocycles. The topological polar surface area (TPSA) is 130 Å². The first-order valence-corrected chi connectivity index (χ1v) is 13.6. The van der Waals surface area contributed by atoms with Gasteiger partial charge in [0, 0.05) is 25.8 Å². The molecule has 0 bridgehead atoms. The van der Waals surface area contributed by atoms with Gasteiger partial charge in [0.2, 0.25) is 5.91 Å². The van der Waals surface area contributed by atoms with Crippen LogP contribution in [-0.2, 0) is 4.79 Å². The molecule has 0 spiro atoms. The van der Waals surface area contributed by atoms with Crippen molar-refractivity contribution in [1.82, 2.24) is 15.0 Å². The van der Waals surface area contributed by atoms with E-state index < -0.39 is 11.4 Å². The number of carbonyl (C=O) groups is 2. The Kier molecular flexibility index (Phi) is 7.99. The number of anilines is 3. The molecule has 40 heavy (non-hydrogen) atoms. The maximum Gasteiger partial charge on any atom is 0.339 e. The van der Waals surface area contributed by atoms with Gasteiger partial charge in [0.15, 0.2) is 17.3 Å². The van der Waals surface area contributed by atoms with E-state index in [-0.39, 0.29) is 17.6 Å². The number of benzene rings is 1. The summed E-state index contributed by atoms with van der Waals surface area (Å²) in [6.07, 6.45) is 7.15. The molecule has 2 saturated heterocycles. The Bertz CT molecular complexity index is 1370. The monoisotopic (exact) mass is 546 g/mol. The fourth-order valence-electron chi connectivity index (χ4n) is 5.22. The fourth-order valence-corrected chi connectivity index (χ4v) is 5.22. The Labute approximate surface area is 233 Å². The smallest absolute Gasteiger partial charge is 0.339 e. The number of hydrogen-bond acceptors (Lipinski definition) is 9. The van der Waals surface area contributed by atoms with Crippen molar-refractivity contribution < 1.29 is 24.2 Å². The van der Waals surface area contributed by atoms with Gasteiger partial charge in [-0.25, -0.2) is 14.8 Å². The zero-order valence-corrected chi connectivity index (χ0v) is 22.7. The van der Waals surface area contributed by atoms with E-state index in [4.69, 9.17) is 9.47 Å². The van der Waals surface area contributed by atoms with Crippen molar-refractivity contribution in [2.75, 3.05) is 47.9 Å². The highest BCUT2D eigenvalue weighted by atomic mass is 16.5. The molecule has 2 aliphatic heterocycles. The summed E-state index contributed by atoms with van der Waals surface area (Å²) in [5.41, 5.74) is -0.626. The third-order valence-electron chi connectivity index (χ3n) is 7.35. The lowest BCUT2D eigenvalue weighted by Crippen LogP contribution is -2.42. The molecule has 11 heteroatoms. The summed E-state index contributed by atoms with van der Waals surface area (Å²) < 4.78 is 12.0. The van der Waals surface area contributed by atoms with Gasteiger partial charge in [-0.3, -0.25) is 9.78 Å². The van der Waals surface area contributed by atoms with Gasteiger partial charge < -0.3 is 29.7 Å². The van der Waals surface area contributed by atoms with Crippen LogP contribution in [0.1, 0.15) is 43.5 Å². The number of rotatable bonds is 9. The maximum atomic E-state index is 13.4. The molecule has 4 heterocycles. The lowest BCUT2D eigenvalue weighted by atomic mass is 9.89. The van der Waals surface area contributed by atoms with Gasteiger partial charge in [0.05, 0.1) is 31.0 Å². The first-order valence-electron chi connectivity index (χ1n) is 13.6. The number of aromatic nitrogens is 3.